The van der Waals surface area contributed by atoms with Crippen molar-refractivity contribution in [2.45, 2.75) is 116 Å². The number of unbranched alkanes of at least 4 members (excludes halogenated alkanes) is 14. The molecule has 0 aliphatic carbocycles. The van der Waals surface area contributed by atoms with Gasteiger partial charge in [-0.2, -0.15) is 0 Å². The standard InChI is InChI=1S/C21H43O4P/c1-2-3-4-5-6-7-8-9-10-11-12-13-14-15-16-17-21(24)26-25-19-20(23)18-22/h20,22-23,26H,2-19H2,1H3. The normalized spacial score (nSPS) is 12.9. The maximum Gasteiger partial charge on any atom is 0.178 e. The summed E-state index contributed by atoms with van der Waals surface area (Å²) in [5.41, 5.74) is 0.116. The van der Waals surface area contributed by atoms with E-state index < -0.39 is 6.10 Å². The van der Waals surface area contributed by atoms with E-state index in [-0.39, 0.29) is 27.5 Å². The van der Waals surface area contributed by atoms with Crippen molar-refractivity contribution in [1.29, 1.82) is 0 Å². The molecular weight excluding hydrogens is 347 g/mol. The van der Waals surface area contributed by atoms with E-state index in [1.165, 1.54) is 83.5 Å². The second kappa shape index (κ2) is 21.3. The van der Waals surface area contributed by atoms with E-state index in [1.807, 2.05) is 0 Å². The molecule has 0 radical (unpaired) electrons. The first kappa shape index (κ1) is 26.0. The van der Waals surface area contributed by atoms with Gasteiger partial charge in [0.2, 0.25) is 0 Å². The molecule has 0 fully saturated rings. The van der Waals surface area contributed by atoms with Crippen LogP contribution in [0.3, 0.4) is 0 Å². The number of hydrogen-bond donors (Lipinski definition) is 2. The van der Waals surface area contributed by atoms with Gasteiger partial charge in [0.25, 0.3) is 0 Å². The Labute approximate surface area is 163 Å². The van der Waals surface area contributed by atoms with E-state index in [9.17, 15) is 4.79 Å². The highest BCUT2D eigenvalue weighted by Crippen LogP contribution is 2.19. The molecule has 0 aliphatic rings. The molecule has 0 aliphatic heterocycles. The average molecular weight is 391 g/mol. The van der Waals surface area contributed by atoms with Gasteiger partial charge in [0.15, 0.2) is 5.52 Å². The largest absolute Gasteiger partial charge is 0.394 e. The van der Waals surface area contributed by atoms with E-state index in [2.05, 4.69) is 6.92 Å². The van der Waals surface area contributed by atoms with Gasteiger partial charge in [0, 0.05) is 6.42 Å². The van der Waals surface area contributed by atoms with E-state index in [1.54, 1.807) is 0 Å². The molecule has 0 amide bonds. The van der Waals surface area contributed by atoms with Crippen LogP contribution in [-0.2, 0) is 9.32 Å². The Morgan fingerprint density at radius 3 is 1.65 bits per heavy atom. The lowest BCUT2D eigenvalue weighted by molar-refractivity contribution is -0.112. The molecule has 0 spiro atoms. The Balaban J connectivity index is 3.14. The predicted molar refractivity (Wildman–Crippen MR) is 112 cm³/mol. The molecule has 2 N–H and O–H groups in total. The number of rotatable bonds is 21. The van der Waals surface area contributed by atoms with Crippen molar-refractivity contribution in [3.05, 3.63) is 0 Å². The maximum absolute atomic E-state index is 11.6. The van der Waals surface area contributed by atoms with Crippen LogP contribution in [-0.4, -0.2) is 35.1 Å². The van der Waals surface area contributed by atoms with E-state index >= 15 is 0 Å². The Bertz CT molecular complexity index is 300. The summed E-state index contributed by atoms with van der Waals surface area (Å²) in [4.78, 5) is 11.6. The van der Waals surface area contributed by atoms with Crippen LogP contribution in [0, 0.1) is 0 Å². The lowest BCUT2D eigenvalue weighted by atomic mass is 10.0. The molecular formula is C21H43O4P. The second-order valence-corrected chi connectivity index (χ2v) is 8.42. The fourth-order valence-electron chi connectivity index (χ4n) is 2.98. The zero-order valence-electron chi connectivity index (χ0n) is 17.0. The highest BCUT2D eigenvalue weighted by Gasteiger charge is 2.06. The summed E-state index contributed by atoms with van der Waals surface area (Å²) in [5.74, 6) is 0. The van der Waals surface area contributed by atoms with Gasteiger partial charge < -0.3 is 14.7 Å². The third kappa shape index (κ3) is 20.3. The molecule has 4 nitrogen and oxygen atoms in total. The second-order valence-electron chi connectivity index (χ2n) is 7.37. The quantitative estimate of drug-likeness (QED) is 0.194. The minimum Gasteiger partial charge on any atom is -0.394 e. The highest BCUT2D eigenvalue weighted by atomic mass is 31.1. The Kier molecular flexibility index (Phi) is 21.3. The summed E-state index contributed by atoms with van der Waals surface area (Å²) in [6.45, 7) is 1.99. The number of aliphatic hydroxyl groups excluding tert-OH is 2. The molecule has 0 bridgehead atoms. The zero-order chi connectivity index (χ0) is 19.3. The molecule has 2 atom stereocenters. The van der Waals surface area contributed by atoms with E-state index in [0.717, 1.165) is 12.8 Å². The SMILES string of the molecule is CCCCCCCCCCCCCCCCCC(=O)POCC(O)CO. The topological polar surface area (TPSA) is 66.8 Å². The summed E-state index contributed by atoms with van der Waals surface area (Å²) >= 11 is 0. The van der Waals surface area contributed by atoms with Crippen molar-refractivity contribution < 1.29 is 19.5 Å². The van der Waals surface area contributed by atoms with Crippen LogP contribution in [0.5, 0.6) is 0 Å². The number of aliphatic hydroxyl groups is 2. The van der Waals surface area contributed by atoms with Gasteiger partial charge in [0.05, 0.1) is 22.0 Å². The van der Waals surface area contributed by atoms with Crippen molar-refractivity contribution in [3.63, 3.8) is 0 Å². The summed E-state index contributed by atoms with van der Waals surface area (Å²) in [6.07, 6.45) is 19.6. The van der Waals surface area contributed by atoms with Gasteiger partial charge in [-0.15, -0.1) is 0 Å². The molecule has 0 aromatic rings. The van der Waals surface area contributed by atoms with Gasteiger partial charge >= 0.3 is 0 Å². The Morgan fingerprint density at radius 2 is 1.23 bits per heavy atom. The fraction of sp³-hybridized carbons (Fsp3) is 0.952. The molecule has 0 saturated carbocycles. The summed E-state index contributed by atoms with van der Waals surface area (Å²) < 4.78 is 5.09. The van der Waals surface area contributed by atoms with Gasteiger partial charge in [0.1, 0.15) is 6.10 Å². The minimum atomic E-state index is -0.874. The van der Waals surface area contributed by atoms with Crippen LogP contribution in [0.1, 0.15) is 110 Å². The third-order valence-electron chi connectivity index (χ3n) is 4.68. The molecule has 0 heterocycles. The van der Waals surface area contributed by atoms with Gasteiger partial charge in [-0.05, 0) is 6.42 Å². The van der Waals surface area contributed by atoms with E-state index in [4.69, 9.17) is 14.7 Å². The van der Waals surface area contributed by atoms with Crippen molar-refractivity contribution in [3.8, 4) is 0 Å². The van der Waals surface area contributed by atoms with Crippen molar-refractivity contribution in [2.75, 3.05) is 13.2 Å². The highest BCUT2D eigenvalue weighted by molar-refractivity contribution is 7.53. The van der Waals surface area contributed by atoms with Crippen LogP contribution in [0.15, 0.2) is 0 Å². The molecule has 26 heavy (non-hydrogen) atoms. The minimum absolute atomic E-state index is 0.0412. The lowest BCUT2D eigenvalue weighted by Gasteiger charge is -2.07. The molecule has 2 unspecified atom stereocenters. The fourth-order valence-corrected chi connectivity index (χ4v) is 3.69. The first-order valence-corrected chi connectivity index (χ1v) is 11.8. The first-order valence-electron chi connectivity index (χ1n) is 10.9. The van der Waals surface area contributed by atoms with Crippen LogP contribution < -0.4 is 0 Å². The maximum atomic E-state index is 11.6. The van der Waals surface area contributed by atoms with Gasteiger partial charge in [-0.3, -0.25) is 4.79 Å². The number of hydrogen-bond acceptors (Lipinski definition) is 4. The van der Waals surface area contributed by atoms with E-state index in [0.29, 0.717) is 6.42 Å². The van der Waals surface area contributed by atoms with Crippen LogP contribution in [0.2, 0.25) is 0 Å². The van der Waals surface area contributed by atoms with Crippen LogP contribution in [0.25, 0.3) is 0 Å². The summed E-state index contributed by atoms with van der Waals surface area (Å²) in [5, 5.41) is 17.7. The van der Waals surface area contributed by atoms with Crippen molar-refractivity contribution in [2.24, 2.45) is 0 Å². The predicted octanol–water partition coefficient (Wildman–Crippen LogP) is 5.74. The van der Waals surface area contributed by atoms with Crippen LogP contribution >= 0.6 is 8.81 Å². The van der Waals surface area contributed by atoms with Crippen molar-refractivity contribution >= 4 is 14.3 Å². The lowest BCUT2D eigenvalue weighted by Crippen LogP contribution is -2.17. The van der Waals surface area contributed by atoms with Gasteiger partial charge in [-0.25, -0.2) is 0 Å². The molecule has 0 rings (SSSR count). The molecule has 0 saturated heterocycles. The smallest absolute Gasteiger partial charge is 0.178 e. The first-order chi connectivity index (χ1) is 12.7. The Hall–Kier alpha value is -0.0200. The van der Waals surface area contributed by atoms with Crippen molar-refractivity contribution in [1.82, 2.24) is 0 Å². The molecule has 0 aromatic heterocycles. The number of carbonyl (C=O) groups is 1. The zero-order valence-corrected chi connectivity index (χ0v) is 18.0. The summed E-state index contributed by atoms with van der Waals surface area (Å²) in [6, 6.07) is 0. The summed E-state index contributed by atoms with van der Waals surface area (Å²) in [7, 11) is -0.197. The van der Waals surface area contributed by atoms with Crippen LogP contribution in [0.4, 0.5) is 0 Å². The molecule has 156 valence electrons. The number of carbonyl (C=O) groups excluding carboxylic acids is 1. The van der Waals surface area contributed by atoms with Gasteiger partial charge in [-0.1, -0.05) is 96.8 Å². The Morgan fingerprint density at radius 1 is 0.808 bits per heavy atom. The average Bonchev–Trinajstić information content (AvgIpc) is 2.64. The third-order valence-corrected chi connectivity index (χ3v) is 5.47. The molecule has 5 heteroatoms. The molecule has 0 aromatic carbocycles. The monoisotopic (exact) mass is 390 g/mol.